The quantitative estimate of drug-likeness (QED) is 0.818. The predicted molar refractivity (Wildman–Crippen MR) is 90.9 cm³/mol. The van der Waals surface area contributed by atoms with Gasteiger partial charge in [-0.3, -0.25) is 9.48 Å². The summed E-state index contributed by atoms with van der Waals surface area (Å²) in [5.74, 6) is -0.326. The molecule has 7 nitrogen and oxygen atoms in total. The van der Waals surface area contributed by atoms with E-state index >= 15 is 0 Å². The van der Waals surface area contributed by atoms with Crippen LogP contribution in [0, 0.1) is 0 Å². The predicted octanol–water partition coefficient (Wildman–Crippen LogP) is 1.38. The first-order valence-electron chi connectivity index (χ1n) is 7.75. The number of nitrogens with one attached hydrogen (secondary N) is 1. The van der Waals surface area contributed by atoms with E-state index in [9.17, 15) is 13.2 Å². The number of hydrogen-bond acceptors (Lipinski definition) is 4. The van der Waals surface area contributed by atoms with Crippen molar-refractivity contribution in [2.75, 3.05) is 13.1 Å². The van der Waals surface area contributed by atoms with Crippen LogP contribution in [-0.2, 0) is 23.6 Å². The van der Waals surface area contributed by atoms with Gasteiger partial charge in [-0.05, 0) is 24.3 Å². The first kappa shape index (κ1) is 18.2. The molecule has 0 aliphatic heterocycles. The summed E-state index contributed by atoms with van der Waals surface area (Å²) in [6, 6.07) is 7.90. The third-order valence-corrected chi connectivity index (χ3v) is 5.84. The molecule has 1 aromatic carbocycles. The smallest absolute Gasteiger partial charge is 0.251 e. The van der Waals surface area contributed by atoms with Gasteiger partial charge in [0.1, 0.15) is 0 Å². The molecular formula is C16H22N4O3S. The van der Waals surface area contributed by atoms with E-state index in [4.69, 9.17) is 0 Å². The van der Waals surface area contributed by atoms with Crippen LogP contribution in [0.5, 0.6) is 0 Å². The van der Waals surface area contributed by atoms with Crippen LogP contribution in [0.25, 0.3) is 0 Å². The van der Waals surface area contributed by atoms with E-state index in [2.05, 4.69) is 10.4 Å². The average molecular weight is 350 g/mol. The van der Waals surface area contributed by atoms with E-state index in [-0.39, 0.29) is 10.8 Å². The average Bonchev–Trinajstić information content (AvgIpc) is 2.98. The number of aryl methyl sites for hydroxylation is 1. The molecular weight excluding hydrogens is 328 g/mol. The number of hydrogen-bond donors (Lipinski definition) is 1. The number of rotatable bonds is 7. The van der Waals surface area contributed by atoms with E-state index in [1.165, 1.54) is 16.4 Å². The van der Waals surface area contributed by atoms with Gasteiger partial charge in [-0.15, -0.1) is 0 Å². The van der Waals surface area contributed by atoms with Crippen LogP contribution in [0.2, 0.25) is 0 Å². The van der Waals surface area contributed by atoms with E-state index in [0.29, 0.717) is 25.2 Å². The fourth-order valence-electron chi connectivity index (χ4n) is 2.36. The molecule has 0 spiro atoms. The van der Waals surface area contributed by atoms with Crippen molar-refractivity contribution in [3.05, 3.63) is 47.8 Å². The Bertz CT molecular complexity index is 810. The molecule has 0 unspecified atom stereocenters. The van der Waals surface area contributed by atoms with Crippen molar-refractivity contribution in [3.8, 4) is 0 Å². The molecule has 0 saturated carbocycles. The second-order valence-corrected chi connectivity index (χ2v) is 7.18. The summed E-state index contributed by atoms with van der Waals surface area (Å²) in [7, 11) is -1.79. The number of amides is 1. The minimum Gasteiger partial charge on any atom is -0.346 e. The molecule has 1 heterocycles. The number of benzene rings is 1. The second kappa shape index (κ2) is 7.59. The first-order chi connectivity index (χ1) is 11.4. The molecule has 2 rings (SSSR count). The molecule has 2 aromatic rings. The minimum absolute atomic E-state index is 0.124. The number of aromatic nitrogens is 2. The van der Waals surface area contributed by atoms with Crippen molar-refractivity contribution in [1.82, 2.24) is 19.4 Å². The number of carbonyl (C=O) groups excluding carboxylic acids is 1. The lowest BCUT2D eigenvalue weighted by Crippen LogP contribution is -2.31. The van der Waals surface area contributed by atoms with Gasteiger partial charge in [0.15, 0.2) is 0 Å². The molecule has 24 heavy (non-hydrogen) atoms. The zero-order chi connectivity index (χ0) is 17.7. The lowest BCUT2D eigenvalue weighted by molar-refractivity contribution is 0.0950. The highest BCUT2D eigenvalue weighted by Crippen LogP contribution is 2.17. The zero-order valence-corrected chi connectivity index (χ0v) is 14.9. The number of nitrogens with zero attached hydrogens (tertiary/aromatic N) is 3. The summed E-state index contributed by atoms with van der Waals surface area (Å²) < 4.78 is 28.1. The van der Waals surface area contributed by atoms with Gasteiger partial charge in [-0.25, -0.2) is 8.42 Å². The Kier molecular flexibility index (Phi) is 5.74. The van der Waals surface area contributed by atoms with Gasteiger partial charge in [0.2, 0.25) is 10.0 Å². The van der Waals surface area contributed by atoms with Gasteiger partial charge >= 0.3 is 0 Å². The van der Waals surface area contributed by atoms with E-state index < -0.39 is 10.0 Å². The Morgan fingerprint density at radius 2 is 1.96 bits per heavy atom. The molecule has 0 aliphatic carbocycles. The number of carbonyl (C=O) groups is 1. The minimum atomic E-state index is -3.58. The van der Waals surface area contributed by atoms with Crippen molar-refractivity contribution in [1.29, 1.82) is 0 Å². The van der Waals surface area contributed by atoms with Gasteiger partial charge in [-0.2, -0.15) is 9.40 Å². The highest BCUT2D eigenvalue weighted by Gasteiger charge is 2.22. The fourth-order valence-corrected chi connectivity index (χ4v) is 3.86. The maximum absolute atomic E-state index is 12.5. The SMILES string of the molecule is CCN(CC)S(=O)(=O)c1cccc(C(=O)NCc2ccnn2C)c1. The van der Waals surface area contributed by atoms with Crippen LogP contribution < -0.4 is 5.32 Å². The zero-order valence-electron chi connectivity index (χ0n) is 14.1. The van der Waals surface area contributed by atoms with E-state index in [1.54, 1.807) is 43.9 Å². The topological polar surface area (TPSA) is 84.3 Å². The van der Waals surface area contributed by atoms with Crippen molar-refractivity contribution < 1.29 is 13.2 Å². The first-order valence-corrected chi connectivity index (χ1v) is 9.19. The second-order valence-electron chi connectivity index (χ2n) is 5.25. The standard InChI is InChI=1S/C16H22N4O3S/c1-4-20(5-2)24(22,23)15-8-6-7-13(11-15)16(21)17-12-14-9-10-18-19(14)3/h6-11H,4-5,12H2,1-3H3,(H,17,21). The van der Waals surface area contributed by atoms with Crippen LogP contribution in [0.4, 0.5) is 0 Å². The molecule has 0 atom stereocenters. The molecule has 0 fully saturated rings. The van der Waals surface area contributed by atoms with E-state index in [1.807, 2.05) is 6.07 Å². The molecule has 1 N–H and O–H groups in total. The van der Waals surface area contributed by atoms with Crippen molar-refractivity contribution in [2.45, 2.75) is 25.3 Å². The summed E-state index contributed by atoms with van der Waals surface area (Å²) in [6.45, 7) is 4.66. The summed E-state index contributed by atoms with van der Waals surface area (Å²) >= 11 is 0. The highest BCUT2D eigenvalue weighted by atomic mass is 32.2. The molecule has 8 heteroatoms. The summed E-state index contributed by atoms with van der Waals surface area (Å²) in [6.07, 6.45) is 1.65. The maximum Gasteiger partial charge on any atom is 0.251 e. The molecule has 130 valence electrons. The normalized spacial score (nSPS) is 11.7. The van der Waals surface area contributed by atoms with Crippen LogP contribution in [-0.4, -0.2) is 41.5 Å². The number of sulfonamides is 1. The maximum atomic E-state index is 12.5. The fraction of sp³-hybridized carbons (Fsp3) is 0.375. The molecule has 0 radical (unpaired) electrons. The van der Waals surface area contributed by atoms with Crippen LogP contribution in [0.3, 0.4) is 0 Å². The Morgan fingerprint density at radius 1 is 1.25 bits per heavy atom. The molecule has 0 bridgehead atoms. The van der Waals surface area contributed by atoms with Crippen molar-refractivity contribution in [2.24, 2.45) is 7.05 Å². The highest BCUT2D eigenvalue weighted by molar-refractivity contribution is 7.89. The molecule has 1 aromatic heterocycles. The Labute approximate surface area is 142 Å². The Balaban J connectivity index is 2.18. The van der Waals surface area contributed by atoms with Gasteiger partial charge in [0.25, 0.3) is 5.91 Å². The van der Waals surface area contributed by atoms with Gasteiger partial charge in [0.05, 0.1) is 17.1 Å². The molecule has 1 amide bonds. The van der Waals surface area contributed by atoms with E-state index in [0.717, 1.165) is 5.69 Å². The molecule has 0 aliphatic rings. The van der Waals surface area contributed by atoms with Crippen LogP contribution in [0.15, 0.2) is 41.4 Å². The van der Waals surface area contributed by atoms with Crippen LogP contribution >= 0.6 is 0 Å². The van der Waals surface area contributed by atoms with Gasteiger partial charge in [0, 0.05) is 31.9 Å². The summed E-state index contributed by atoms with van der Waals surface area (Å²) in [5.41, 5.74) is 1.17. The van der Waals surface area contributed by atoms with Crippen molar-refractivity contribution >= 4 is 15.9 Å². The Hall–Kier alpha value is -2.19. The third-order valence-electron chi connectivity index (χ3n) is 3.79. The van der Waals surface area contributed by atoms with Crippen molar-refractivity contribution in [3.63, 3.8) is 0 Å². The van der Waals surface area contributed by atoms with Gasteiger partial charge in [-0.1, -0.05) is 19.9 Å². The third kappa shape index (κ3) is 3.82. The monoisotopic (exact) mass is 350 g/mol. The lowest BCUT2D eigenvalue weighted by atomic mass is 10.2. The summed E-state index contributed by atoms with van der Waals surface area (Å²) in [5, 5.41) is 6.80. The van der Waals surface area contributed by atoms with Gasteiger partial charge < -0.3 is 5.32 Å². The van der Waals surface area contributed by atoms with Crippen LogP contribution in [0.1, 0.15) is 29.9 Å². The Morgan fingerprint density at radius 3 is 2.54 bits per heavy atom. The largest absolute Gasteiger partial charge is 0.346 e. The molecule has 0 saturated heterocycles. The summed E-state index contributed by atoms with van der Waals surface area (Å²) in [4.78, 5) is 12.4. The lowest BCUT2D eigenvalue weighted by Gasteiger charge is -2.18.